The molecule has 112 valence electrons. The smallest absolute Gasteiger partial charge is 0.182 e. The zero-order valence-corrected chi connectivity index (χ0v) is 12.9. The average molecular weight is 306 g/mol. The second-order valence-electron chi connectivity index (χ2n) is 5.94. The van der Waals surface area contributed by atoms with Crippen molar-refractivity contribution in [3.8, 4) is 11.4 Å². The van der Waals surface area contributed by atoms with E-state index in [4.69, 9.17) is 17.3 Å². The van der Waals surface area contributed by atoms with Gasteiger partial charge in [-0.05, 0) is 46.9 Å². The number of anilines is 1. The molecular weight excluding hydrogens is 286 g/mol. The molecule has 0 saturated heterocycles. The van der Waals surface area contributed by atoms with Gasteiger partial charge >= 0.3 is 0 Å². The van der Waals surface area contributed by atoms with Gasteiger partial charge in [0.2, 0.25) is 0 Å². The highest BCUT2D eigenvalue weighted by atomic mass is 35.5. The van der Waals surface area contributed by atoms with Gasteiger partial charge in [0.15, 0.2) is 5.82 Å². The number of hydrogen-bond donors (Lipinski definition) is 1. The fourth-order valence-electron chi connectivity index (χ4n) is 3.09. The van der Waals surface area contributed by atoms with E-state index < -0.39 is 0 Å². The number of nitrogens with zero attached hydrogens (tertiary/aromatic N) is 4. The van der Waals surface area contributed by atoms with Gasteiger partial charge in [-0.25, -0.2) is 4.68 Å². The van der Waals surface area contributed by atoms with E-state index in [1.54, 1.807) is 6.07 Å². The van der Waals surface area contributed by atoms with Crippen molar-refractivity contribution in [3.63, 3.8) is 0 Å². The van der Waals surface area contributed by atoms with Crippen molar-refractivity contribution in [3.05, 3.63) is 23.2 Å². The van der Waals surface area contributed by atoms with Crippen molar-refractivity contribution in [1.29, 1.82) is 0 Å². The number of halogens is 1. The topological polar surface area (TPSA) is 69.6 Å². The van der Waals surface area contributed by atoms with Gasteiger partial charge in [-0.3, -0.25) is 0 Å². The molecule has 2 atom stereocenters. The van der Waals surface area contributed by atoms with Crippen LogP contribution in [0.5, 0.6) is 0 Å². The molecule has 0 aliphatic heterocycles. The molecule has 3 rings (SSSR count). The summed E-state index contributed by atoms with van der Waals surface area (Å²) >= 11 is 6.10. The molecule has 1 heterocycles. The van der Waals surface area contributed by atoms with E-state index in [0.717, 1.165) is 23.9 Å². The first kappa shape index (κ1) is 14.3. The van der Waals surface area contributed by atoms with Crippen LogP contribution in [-0.4, -0.2) is 20.2 Å². The number of tetrazole rings is 1. The number of nitrogens with two attached hydrogens (primary N) is 1. The molecule has 5 nitrogen and oxygen atoms in total. The van der Waals surface area contributed by atoms with E-state index >= 15 is 0 Å². The molecule has 21 heavy (non-hydrogen) atoms. The third-order valence-corrected chi connectivity index (χ3v) is 4.81. The lowest BCUT2D eigenvalue weighted by molar-refractivity contribution is 0.221. The van der Waals surface area contributed by atoms with Crippen LogP contribution in [0, 0.1) is 11.8 Å². The van der Waals surface area contributed by atoms with Crippen LogP contribution in [0.3, 0.4) is 0 Å². The van der Waals surface area contributed by atoms with Crippen LogP contribution in [0.4, 0.5) is 5.69 Å². The molecule has 2 aromatic rings. The van der Waals surface area contributed by atoms with Gasteiger partial charge in [-0.15, -0.1) is 5.10 Å². The van der Waals surface area contributed by atoms with Crippen LogP contribution in [0.25, 0.3) is 11.4 Å². The molecule has 1 aliphatic carbocycles. The number of rotatable bonds is 3. The Bertz CT molecular complexity index is 624. The van der Waals surface area contributed by atoms with E-state index in [1.165, 1.54) is 25.7 Å². The summed E-state index contributed by atoms with van der Waals surface area (Å²) < 4.78 is 1.90. The normalized spacial score (nSPS) is 22.4. The van der Waals surface area contributed by atoms with E-state index in [9.17, 15) is 0 Å². The van der Waals surface area contributed by atoms with E-state index in [2.05, 4.69) is 22.4 Å². The fraction of sp³-hybridized carbons (Fsp3) is 0.533. The van der Waals surface area contributed by atoms with E-state index in [1.807, 2.05) is 16.8 Å². The first-order valence-corrected chi connectivity index (χ1v) is 7.84. The summed E-state index contributed by atoms with van der Waals surface area (Å²) in [6, 6.07) is 5.52. The molecule has 2 unspecified atom stereocenters. The van der Waals surface area contributed by atoms with Crippen molar-refractivity contribution in [1.82, 2.24) is 20.2 Å². The van der Waals surface area contributed by atoms with Crippen LogP contribution in [-0.2, 0) is 6.54 Å². The van der Waals surface area contributed by atoms with Crippen molar-refractivity contribution in [2.24, 2.45) is 11.8 Å². The van der Waals surface area contributed by atoms with Crippen LogP contribution in [0.15, 0.2) is 18.2 Å². The van der Waals surface area contributed by atoms with E-state index in [-0.39, 0.29) is 0 Å². The standard InChI is InChI=1S/C15H20ClN5/c1-10-4-2-3-5-12(10)9-21-15(18-19-20-21)11-6-7-14(17)13(16)8-11/h6-8,10,12H,2-5,9,17H2,1H3. The summed E-state index contributed by atoms with van der Waals surface area (Å²) in [5.41, 5.74) is 7.23. The molecule has 1 fully saturated rings. The van der Waals surface area contributed by atoms with Gasteiger partial charge in [-0.1, -0.05) is 37.8 Å². The Hall–Kier alpha value is -1.62. The second kappa shape index (κ2) is 6.02. The zero-order valence-electron chi connectivity index (χ0n) is 12.2. The van der Waals surface area contributed by atoms with Crippen molar-refractivity contribution in [2.75, 3.05) is 5.73 Å². The zero-order chi connectivity index (χ0) is 14.8. The Morgan fingerprint density at radius 2 is 2.14 bits per heavy atom. The van der Waals surface area contributed by atoms with Crippen LogP contribution < -0.4 is 5.73 Å². The van der Waals surface area contributed by atoms with E-state index in [0.29, 0.717) is 16.6 Å². The quantitative estimate of drug-likeness (QED) is 0.882. The third kappa shape index (κ3) is 3.02. The number of aromatic nitrogens is 4. The summed E-state index contributed by atoms with van der Waals surface area (Å²) in [5.74, 6) is 2.13. The first-order valence-electron chi connectivity index (χ1n) is 7.46. The molecule has 0 radical (unpaired) electrons. The number of benzene rings is 1. The molecule has 1 aliphatic rings. The Morgan fingerprint density at radius 1 is 1.33 bits per heavy atom. The Kier molecular flexibility index (Phi) is 4.10. The van der Waals surface area contributed by atoms with Gasteiger partial charge in [0.25, 0.3) is 0 Å². The monoisotopic (exact) mass is 305 g/mol. The summed E-state index contributed by atoms with van der Waals surface area (Å²) in [6.45, 7) is 3.19. The van der Waals surface area contributed by atoms with Gasteiger partial charge in [0, 0.05) is 12.1 Å². The van der Waals surface area contributed by atoms with Crippen molar-refractivity contribution >= 4 is 17.3 Å². The lowest BCUT2D eigenvalue weighted by Gasteiger charge is -2.28. The van der Waals surface area contributed by atoms with Crippen molar-refractivity contribution in [2.45, 2.75) is 39.2 Å². The molecule has 2 N–H and O–H groups in total. The minimum Gasteiger partial charge on any atom is -0.398 e. The van der Waals surface area contributed by atoms with Gasteiger partial charge in [0.05, 0.1) is 10.7 Å². The minimum absolute atomic E-state index is 0.535. The molecule has 1 aromatic carbocycles. The lowest BCUT2D eigenvalue weighted by atomic mass is 9.80. The largest absolute Gasteiger partial charge is 0.398 e. The third-order valence-electron chi connectivity index (χ3n) is 4.49. The molecule has 0 bridgehead atoms. The maximum atomic E-state index is 6.10. The van der Waals surface area contributed by atoms with Gasteiger partial charge in [-0.2, -0.15) is 0 Å². The fourth-order valence-corrected chi connectivity index (χ4v) is 3.27. The summed E-state index contributed by atoms with van der Waals surface area (Å²) in [6.07, 6.45) is 5.20. The molecule has 1 aromatic heterocycles. The van der Waals surface area contributed by atoms with Crippen LogP contribution in [0.2, 0.25) is 5.02 Å². The maximum Gasteiger partial charge on any atom is 0.182 e. The molecule has 6 heteroatoms. The first-order chi connectivity index (χ1) is 10.1. The minimum atomic E-state index is 0.535. The molecule has 1 saturated carbocycles. The lowest BCUT2D eigenvalue weighted by Crippen LogP contribution is -2.23. The van der Waals surface area contributed by atoms with Crippen molar-refractivity contribution < 1.29 is 0 Å². The highest BCUT2D eigenvalue weighted by Crippen LogP contribution is 2.32. The summed E-state index contributed by atoms with van der Waals surface area (Å²) in [5, 5.41) is 12.7. The number of hydrogen-bond acceptors (Lipinski definition) is 4. The Labute approximate surface area is 129 Å². The van der Waals surface area contributed by atoms with Crippen LogP contribution >= 0.6 is 11.6 Å². The predicted octanol–water partition coefficient (Wildman–Crippen LogP) is 3.40. The summed E-state index contributed by atoms with van der Waals surface area (Å²) in [7, 11) is 0. The summed E-state index contributed by atoms with van der Waals surface area (Å²) in [4.78, 5) is 0. The molecule has 0 spiro atoms. The van der Waals surface area contributed by atoms with Crippen LogP contribution in [0.1, 0.15) is 32.6 Å². The van der Waals surface area contributed by atoms with Gasteiger partial charge in [0.1, 0.15) is 0 Å². The number of nitrogen functional groups attached to an aromatic ring is 1. The Morgan fingerprint density at radius 3 is 2.90 bits per heavy atom. The highest BCUT2D eigenvalue weighted by molar-refractivity contribution is 6.33. The second-order valence-corrected chi connectivity index (χ2v) is 6.35. The molecule has 0 amide bonds. The molecular formula is C15H20ClN5. The average Bonchev–Trinajstić information content (AvgIpc) is 2.93. The maximum absolute atomic E-state index is 6.10. The van der Waals surface area contributed by atoms with Gasteiger partial charge < -0.3 is 5.73 Å². The highest BCUT2D eigenvalue weighted by Gasteiger charge is 2.23. The Balaban J connectivity index is 1.84. The predicted molar refractivity (Wildman–Crippen MR) is 83.8 cm³/mol. The SMILES string of the molecule is CC1CCCCC1Cn1nnnc1-c1ccc(N)c(Cl)c1.